The molecule has 2 aromatic rings. The lowest BCUT2D eigenvalue weighted by atomic mass is 9.97. The number of aryl methyl sites for hydroxylation is 2. The van der Waals surface area contributed by atoms with Gasteiger partial charge in [0.05, 0.1) is 0 Å². The Balaban J connectivity index is 2.01. The lowest BCUT2D eigenvalue weighted by Gasteiger charge is -2.22. The molecule has 1 unspecified atom stereocenters. The first-order valence-electron chi connectivity index (χ1n) is 6.89. The van der Waals surface area contributed by atoms with Crippen LogP contribution in [0.3, 0.4) is 0 Å². The Labute approximate surface area is 113 Å². The van der Waals surface area contributed by atoms with E-state index in [1.807, 2.05) is 0 Å². The molecule has 4 heteroatoms. The van der Waals surface area contributed by atoms with Crippen molar-refractivity contribution in [2.45, 2.75) is 33.2 Å². The van der Waals surface area contributed by atoms with E-state index in [9.17, 15) is 0 Å². The topological polar surface area (TPSA) is 56.7 Å². The van der Waals surface area contributed by atoms with Crippen LogP contribution in [0, 0.1) is 19.8 Å². The second kappa shape index (κ2) is 4.78. The summed E-state index contributed by atoms with van der Waals surface area (Å²) in [5.41, 5.74) is 9.49. The molecule has 2 N–H and O–H groups in total. The molecule has 2 heterocycles. The highest BCUT2D eigenvalue weighted by Gasteiger charge is 2.23. The highest BCUT2D eigenvalue weighted by molar-refractivity contribution is 5.61. The van der Waals surface area contributed by atoms with Gasteiger partial charge in [-0.2, -0.15) is 0 Å². The normalized spacial score (nSPS) is 18.4. The van der Waals surface area contributed by atoms with Gasteiger partial charge in [0.15, 0.2) is 5.82 Å². The molecule has 1 aliphatic rings. The van der Waals surface area contributed by atoms with Crippen LogP contribution in [-0.4, -0.2) is 21.3 Å². The smallest absolute Gasteiger partial charge is 0.164 e. The minimum atomic E-state index is 0.559. The van der Waals surface area contributed by atoms with E-state index in [2.05, 4.69) is 46.8 Å². The largest absolute Gasteiger partial charge is 0.330 e. The van der Waals surface area contributed by atoms with Crippen molar-refractivity contribution in [2.24, 2.45) is 11.7 Å². The first-order chi connectivity index (χ1) is 9.19. The van der Waals surface area contributed by atoms with E-state index in [0.717, 1.165) is 37.6 Å². The van der Waals surface area contributed by atoms with E-state index in [-0.39, 0.29) is 0 Å². The molecule has 3 rings (SSSR count). The summed E-state index contributed by atoms with van der Waals surface area (Å²) >= 11 is 0. The number of aromatic nitrogens is 3. The zero-order chi connectivity index (χ0) is 13.4. The van der Waals surface area contributed by atoms with Gasteiger partial charge in [-0.05, 0) is 38.3 Å². The van der Waals surface area contributed by atoms with Gasteiger partial charge in [-0.15, -0.1) is 10.2 Å². The molecule has 0 saturated heterocycles. The molecule has 4 nitrogen and oxygen atoms in total. The van der Waals surface area contributed by atoms with Crippen LogP contribution < -0.4 is 5.73 Å². The summed E-state index contributed by atoms with van der Waals surface area (Å²) in [5, 5.41) is 8.75. The molecule has 0 fully saturated rings. The van der Waals surface area contributed by atoms with Crippen molar-refractivity contribution in [3.8, 4) is 11.4 Å². The van der Waals surface area contributed by atoms with Gasteiger partial charge < -0.3 is 10.3 Å². The van der Waals surface area contributed by atoms with Gasteiger partial charge >= 0.3 is 0 Å². The summed E-state index contributed by atoms with van der Waals surface area (Å²) in [5.74, 6) is 2.64. The lowest BCUT2D eigenvalue weighted by Crippen LogP contribution is -2.25. The highest BCUT2D eigenvalue weighted by Crippen LogP contribution is 2.27. The number of hydrogen-bond donors (Lipinski definition) is 1. The fraction of sp³-hybridized carbons (Fsp3) is 0.467. The predicted molar refractivity (Wildman–Crippen MR) is 75.8 cm³/mol. The second-order valence-corrected chi connectivity index (χ2v) is 5.50. The van der Waals surface area contributed by atoms with Crippen LogP contribution in [0.5, 0.6) is 0 Å². The van der Waals surface area contributed by atoms with Crippen molar-refractivity contribution in [3.63, 3.8) is 0 Å². The molecule has 100 valence electrons. The van der Waals surface area contributed by atoms with Gasteiger partial charge in [-0.3, -0.25) is 0 Å². The SMILES string of the molecule is Cc1ccc(-c2nnc3n2CCC(CN)C3)c(C)c1. The Bertz CT molecular complexity index is 600. The summed E-state index contributed by atoms with van der Waals surface area (Å²) in [6.07, 6.45) is 2.08. The molecule has 0 radical (unpaired) electrons. The third-order valence-corrected chi connectivity index (χ3v) is 4.02. The van der Waals surface area contributed by atoms with Crippen molar-refractivity contribution in [1.82, 2.24) is 14.8 Å². The van der Waals surface area contributed by atoms with Crippen molar-refractivity contribution >= 4 is 0 Å². The zero-order valence-corrected chi connectivity index (χ0v) is 11.6. The van der Waals surface area contributed by atoms with Gasteiger partial charge in [0.25, 0.3) is 0 Å². The quantitative estimate of drug-likeness (QED) is 0.895. The Morgan fingerprint density at radius 1 is 1.32 bits per heavy atom. The van der Waals surface area contributed by atoms with E-state index >= 15 is 0 Å². The summed E-state index contributed by atoms with van der Waals surface area (Å²) in [7, 11) is 0. The number of nitrogens with zero attached hydrogens (tertiary/aromatic N) is 3. The van der Waals surface area contributed by atoms with Gasteiger partial charge in [-0.25, -0.2) is 0 Å². The fourth-order valence-electron chi connectivity index (χ4n) is 2.86. The third-order valence-electron chi connectivity index (χ3n) is 4.02. The number of hydrogen-bond acceptors (Lipinski definition) is 3. The Hall–Kier alpha value is -1.68. The Morgan fingerprint density at radius 2 is 2.16 bits per heavy atom. The second-order valence-electron chi connectivity index (χ2n) is 5.50. The fourth-order valence-corrected chi connectivity index (χ4v) is 2.86. The molecule has 1 aliphatic heterocycles. The van der Waals surface area contributed by atoms with E-state index < -0.39 is 0 Å². The maximum atomic E-state index is 5.76. The minimum absolute atomic E-state index is 0.559. The first-order valence-corrected chi connectivity index (χ1v) is 6.89. The van der Waals surface area contributed by atoms with Gasteiger partial charge in [0, 0.05) is 18.5 Å². The molecule has 1 aromatic heterocycles. The standard InChI is InChI=1S/C15H20N4/c1-10-3-4-13(11(2)7-10)15-18-17-14-8-12(9-16)5-6-19(14)15/h3-4,7,12H,5-6,8-9,16H2,1-2H3. The van der Waals surface area contributed by atoms with Gasteiger partial charge in [-0.1, -0.05) is 23.8 Å². The van der Waals surface area contributed by atoms with E-state index in [4.69, 9.17) is 5.73 Å². The number of rotatable bonds is 2. The average molecular weight is 256 g/mol. The maximum Gasteiger partial charge on any atom is 0.164 e. The summed E-state index contributed by atoms with van der Waals surface area (Å²) in [6, 6.07) is 6.48. The van der Waals surface area contributed by atoms with Crippen LogP contribution in [0.25, 0.3) is 11.4 Å². The van der Waals surface area contributed by atoms with Crippen LogP contribution in [0.1, 0.15) is 23.4 Å². The van der Waals surface area contributed by atoms with Crippen LogP contribution in [-0.2, 0) is 13.0 Å². The molecule has 19 heavy (non-hydrogen) atoms. The number of benzene rings is 1. The van der Waals surface area contributed by atoms with Crippen molar-refractivity contribution < 1.29 is 0 Å². The van der Waals surface area contributed by atoms with Crippen LogP contribution in [0.2, 0.25) is 0 Å². The Morgan fingerprint density at radius 3 is 2.89 bits per heavy atom. The van der Waals surface area contributed by atoms with Crippen molar-refractivity contribution in [1.29, 1.82) is 0 Å². The molecule has 0 bridgehead atoms. The van der Waals surface area contributed by atoms with Gasteiger partial charge in [0.1, 0.15) is 5.82 Å². The molecule has 0 saturated carbocycles. The van der Waals surface area contributed by atoms with Gasteiger partial charge in [0.2, 0.25) is 0 Å². The van der Waals surface area contributed by atoms with Crippen LogP contribution >= 0.6 is 0 Å². The van der Waals surface area contributed by atoms with Crippen molar-refractivity contribution in [2.75, 3.05) is 6.54 Å². The number of fused-ring (bicyclic) bond motifs is 1. The summed E-state index contributed by atoms with van der Waals surface area (Å²) < 4.78 is 2.25. The van der Waals surface area contributed by atoms with Crippen LogP contribution in [0.15, 0.2) is 18.2 Å². The predicted octanol–water partition coefficient (Wildman–Crippen LogP) is 2.08. The zero-order valence-electron chi connectivity index (χ0n) is 11.6. The molecule has 1 atom stereocenters. The lowest BCUT2D eigenvalue weighted by molar-refractivity contribution is 0.391. The maximum absolute atomic E-state index is 5.76. The first kappa shape index (κ1) is 12.4. The number of nitrogens with two attached hydrogens (primary N) is 1. The van der Waals surface area contributed by atoms with Crippen LogP contribution in [0.4, 0.5) is 0 Å². The molecular formula is C15H20N4. The minimum Gasteiger partial charge on any atom is -0.330 e. The average Bonchev–Trinajstić information content (AvgIpc) is 2.81. The summed E-state index contributed by atoms with van der Waals surface area (Å²) in [4.78, 5) is 0. The van der Waals surface area contributed by atoms with Crippen molar-refractivity contribution in [3.05, 3.63) is 35.2 Å². The molecule has 0 spiro atoms. The Kier molecular flexibility index (Phi) is 3.11. The molecule has 0 amide bonds. The monoisotopic (exact) mass is 256 g/mol. The van der Waals surface area contributed by atoms with E-state index in [1.54, 1.807) is 0 Å². The van der Waals surface area contributed by atoms with E-state index in [1.165, 1.54) is 16.7 Å². The van der Waals surface area contributed by atoms with E-state index in [0.29, 0.717) is 5.92 Å². The third kappa shape index (κ3) is 2.16. The molecular weight excluding hydrogens is 236 g/mol. The molecule has 0 aliphatic carbocycles. The highest BCUT2D eigenvalue weighted by atomic mass is 15.3. The summed E-state index contributed by atoms with van der Waals surface area (Å²) in [6.45, 7) is 5.97. The molecule has 1 aromatic carbocycles.